The smallest absolute Gasteiger partial charge is 0.303 e. The molecule has 5 N–H and O–H groups in total. The first-order valence-electron chi connectivity index (χ1n) is 11.2. The molecule has 0 bridgehead atoms. The number of rotatable bonds is 6. The van der Waals surface area contributed by atoms with Gasteiger partial charge in [0.2, 0.25) is 10.0 Å². The maximum absolute atomic E-state index is 11.3. The zero-order valence-corrected chi connectivity index (χ0v) is 20.1. The van der Waals surface area contributed by atoms with Gasteiger partial charge in [0.15, 0.2) is 0 Å². The number of aryl methyl sites for hydroxylation is 1. The summed E-state index contributed by atoms with van der Waals surface area (Å²) in [5.41, 5.74) is 8.87. The van der Waals surface area contributed by atoms with Gasteiger partial charge in [-0.25, -0.2) is 13.6 Å². The summed E-state index contributed by atoms with van der Waals surface area (Å²) in [6.07, 6.45) is 5.77. The molecule has 2 aromatic carbocycles. The van der Waals surface area contributed by atoms with Gasteiger partial charge >= 0.3 is 5.97 Å². The van der Waals surface area contributed by atoms with Gasteiger partial charge in [0.1, 0.15) is 11.5 Å². The van der Waals surface area contributed by atoms with Gasteiger partial charge in [0.05, 0.1) is 16.9 Å². The van der Waals surface area contributed by atoms with Crippen molar-refractivity contribution in [3.05, 3.63) is 60.4 Å². The third kappa shape index (κ3) is 6.31. The second kappa shape index (κ2) is 10.9. The SMILES string of the molecule is Cc1onc(-c2ccccc2)c1-c1ccc(S(N)(=O)=O)cc1.NCC1(CC(=O)O)CCCCC1. The molecular weight excluding hydrogens is 454 g/mol. The molecular formula is C25H31N3O5S. The highest BCUT2D eigenvalue weighted by Crippen LogP contribution is 2.38. The number of nitrogens with two attached hydrogens (primary N) is 2. The Morgan fingerprint density at radius 1 is 1.03 bits per heavy atom. The predicted molar refractivity (Wildman–Crippen MR) is 130 cm³/mol. The fraction of sp³-hybridized carbons (Fsp3) is 0.360. The lowest BCUT2D eigenvalue weighted by Crippen LogP contribution is -2.34. The minimum Gasteiger partial charge on any atom is -0.481 e. The molecule has 1 heterocycles. The summed E-state index contributed by atoms with van der Waals surface area (Å²) in [5.74, 6) is -0.0374. The molecule has 1 aliphatic carbocycles. The summed E-state index contributed by atoms with van der Waals surface area (Å²) < 4.78 is 28.0. The van der Waals surface area contributed by atoms with E-state index in [1.165, 1.54) is 18.6 Å². The van der Waals surface area contributed by atoms with Crippen LogP contribution in [0.1, 0.15) is 44.3 Å². The van der Waals surface area contributed by atoms with E-state index in [-0.39, 0.29) is 16.7 Å². The van der Waals surface area contributed by atoms with Crippen LogP contribution in [-0.2, 0) is 14.8 Å². The van der Waals surface area contributed by atoms with E-state index >= 15 is 0 Å². The van der Waals surface area contributed by atoms with Crippen LogP contribution in [0.2, 0.25) is 0 Å². The summed E-state index contributed by atoms with van der Waals surface area (Å²) in [7, 11) is -3.70. The summed E-state index contributed by atoms with van der Waals surface area (Å²) in [6.45, 7) is 2.35. The molecule has 1 aromatic heterocycles. The van der Waals surface area contributed by atoms with Crippen molar-refractivity contribution in [3.8, 4) is 22.4 Å². The number of aliphatic carboxylic acids is 1. The van der Waals surface area contributed by atoms with Gasteiger partial charge in [-0.15, -0.1) is 0 Å². The summed E-state index contributed by atoms with van der Waals surface area (Å²) in [4.78, 5) is 10.7. The lowest BCUT2D eigenvalue weighted by molar-refractivity contribution is -0.140. The van der Waals surface area contributed by atoms with Crippen molar-refractivity contribution in [2.45, 2.75) is 50.3 Å². The second-order valence-electron chi connectivity index (χ2n) is 8.73. The third-order valence-electron chi connectivity index (χ3n) is 6.25. The minimum atomic E-state index is -3.70. The number of hydrogen-bond donors (Lipinski definition) is 3. The molecule has 8 nitrogen and oxygen atoms in total. The van der Waals surface area contributed by atoms with Crippen LogP contribution in [0.4, 0.5) is 0 Å². The zero-order chi connectivity index (χ0) is 24.8. The number of sulfonamides is 1. The number of benzene rings is 2. The van der Waals surface area contributed by atoms with Gasteiger partial charge < -0.3 is 15.4 Å². The molecule has 3 aromatic rings. The lowest BCUT2D eigenvalue weighted by Gasteiger charge is -2.34. The Hall–Kier alpha value is -3.01. The average molecular weight is 486 g/mol. The molecule has 0 amide bonds. The van der Waals surface area contributed by atoms with Crippen molar-refractivity contribution in [2.24, 2.45) is 16.3 Å². The maximum atomic E-state index is 11.3. The van der Waals surface area contributed by atoms with E-state index in [9.17, 15) is 13.2 Å². The van der Waals surface area contributed by atoms with Gasteiger partial charge in [-0.05, 0) is 49.4 Å². The molecule has 9 heteroatoms. The molecule has 1 saturated carbocycles. The molecule has 0 radical (unpaired) electrons. The lowest BCUT2D eigenvalue weighted by atomic mass is 9.72. The Kier molecular flexibility index (Phi) is 8.24. The highest BCUT2D eigenvalue weighted by atomic mass is 32.2. The first kappa shape index (κ1) is 25.6. The molecule has 0 atom stereocenters. The number of hydrogen-bond acceptors (Lipinski definition) is 6. The normalized spacial score (nSPS) is 15.3. The molecule has 4 rings (SSSR count). The highest BCUT2D eigenvalue weighted by molar-refractivity contribution is 7.89. The van der Waals surface area contributed by atoms with Crippen molar-refractivity contribution < 1.29 is 22.8 Å². The molecule has 0 unspecified atom stereocenters. The Morgan fingerprint density at radius 3 is 2.18 bits per heavy atom. The molecule has 0 saturated heterocycles. The van der Waals surface area contributed by atoms with Crippen LogP contribution < -0.4 is 10.9 Å². The Morgan fingerprint density at radius 2 is 1.65 bits per heavy atom. The molecule has 0 spiro atoms. The Labute approximate surface area is 200 Å². The van der Waals surface area contributed by atoms with Gasteiger partial charge in [-0.1, -0.05) is 66.9 Å². The van der Waals surface area contributed by atoms with E-state index < -0.39 is 16.0 Å². The number of carbonyl (C=O) groups is 1. The van der Waals surface area contributed by atoms with E-state index in [0.29, 0.717) is 12.3 Å². The van der Waals surface area contributed by atoms with Crippen molar-refractivity contribution in [3.63, 3.8) is 0 Å². The van der Waals surface area contributed by atoms with Crippen molar-refractivity contribution >= 4 is 16.0 Å². The summed E-state index contributed by atoms with van der Waals surface area (Å²) >= 11 is 0. The Bertz CT molecular complexity index is 1200. The average Bonchev–Trinajstić information content (AvgIpc) is 3.21. The second-order valence-corrected chi connectivity index (χ2v) is 10.3. The number of carboxylic acid groups (broad SMARTS) is 1. The number of nitrogens with zero attached hydrogens (tertiary/aromatic N) is 1. The topological polar surface area (TPSA) is 150 Å². The van der Waals surface area contributed by atoms with Crippen LogP contribution in [0.3, 0.4) is 0 Å². The van der Waals surface area contributed by atoms with E-state index in [0.717, 1.165) is 48.1 Å². The van der Waals surface area contributed by atoms with Crippen molar-refractivity contribution in [2.75, 3.05) is 6.54 Å². The maximum Gasteiger partial charge on any atom is 0.303 e. The molecule has 34 heavy (non-hydrogen) atoms. The van der Waals surface area contributed by atoms with Crippen molar-refractivity contribution in [1.29, 1.82) is 0 Å². The summed E-state index contributed by atoms with van der Waals surface area (Å²) in [5, 5.41) is 17.9. The van der Waals surface area contributed by atoms with Gasteiger partial charge in [-0.3, -0.25) is 4.79 Å². The van der Waals surface area contributed by atoms with Gasteiger partial charge in [0, 0.05) is 5.56 Å². The number of aromatic nitrogens is 1. The fourth-order valence-corrected chi connectivity index (χ4v) is 4.91. The van der Waals surface area contributed by atoms with E-state index in [1.54, 1.807) is 12.1 Å². The monoisotopic (exact) mass is 485 g/mol. The van der Waals surface area contributed by atoms with Crippen LogP contribution in [-0.4, -0.2) is 31.2 Å². The predicted octanol–water partition coefficient (Wildman–Crippen LogP) is 4.33. The first-order chi connectivity index (χ1) is 16.1. The van der Waals surface area contributed by atoms with Crippen molar-refractivity contribution in [1.82, 2.24) is 5.16 Å². The third-order valence-corrected chi connectivity index (χ3v) is 7.18. The van der Waals surface area contributed by atoms with E-state index in [1.807, 2.05) is 37.3 Å². The minimum absolute atomic E-state index is 0.0756. The summed E-state index contributed by atoms with van der Waals surface area (Å²) in [6, 6.07) is 16.0. The first-order valence-corrected chi connectivity index (χ1v) is 12.8. The fourth-order valence-electron chi connectivity index (χ4n) is 4.39. The quantitative estimate of drug-likeness (QED) is 0.470. The standard InChI is InChI=1S/C16H14N2O3S.C9H17NO2/c1-11-15(12-7-9-14(10-8-12)22(17,19)20)16(18-21-11)13-5-3-2-4-6-13;10-7-9(6-8(11)12)4-2-1-3-5-9/h2-10H,1H3,(H2,17,19,20);1-7,10H2,(H,11,12). The van der Waals surface area contributed by atoms with Crippen LogP contribution in [0, 0.1) is 12.3 Å². The molecule has 1 fully saturated rings. The van der Waals surface area contributed by atoms with E-state index in [4.69, 9.17) is 20.5 Å². The Balaban J connectivity index is 0.000000229. The van der Waals surface area contributed by atoms with Crippen LogP contribution in [0.5, 0.6) is 0 Å². The zero-order valence-electron chi connectivity index (χ0n) is 19.2. The van der Waals surface area contributed by atoms with Crippen LogP contribution in [0.25, 0.3) is 22.4 Å². The molecule has 0 aliphatic heterocycles. The van der Waals surface area contributed by atoms with Gasteiger partial charge in [-0.2, -0.15) is 0 Å². The number of carboxylic acids is 1. The van der Waals surface area contributed by atoms with Crippen LogP contribution in [0.15, 0.2) is 64.0 Å². The molecule has 1 aliphatic rings. The van der Waals surface area contributed by atoms with Gasteiger partial charge in [0.25, 0.3) is 0 Å². The highest BCUT2D eigenvalue weighted by Gasteiger charge is 2.32. The molecule has 182 valence electrons. The van der Waals surface area contributed by atoms with E-state index in [2.05, 4.69) is 5.16 Å². The van der Waals surface area contributed by atoms with Crippen LogP contribution >= 0.6 is 0 Å². The number of primary sulfonamides is 1. The largest absolute Gasteiger partial charge is 0.481 e.